The molecule has 20 heavy (non-hydrogen) atoms. The van der Waals surface area contributed by atoms with Gasteiger partial charge in [-0.25, -0.2) is 0 Å². The monoisotopic (exact) mass is 268 g/mol. The molecule has 0 saturated heterocycles. The molecule has 2 N–H and O–H groups in total. The van der Waals surface area contributed by atoms with Crippen LogP contribution in [0.1, 0.15) is 25.3 Å². The quantitative estimate of drug-likeness (QED) is 0.906. The Hall–Kier alpha value is -1.87. The van der Waals surface area contributed by atoms with Crippen LogP contribution in [0.2, 0.25) is 0 Å². The summed E-state index contributed by atoms with van der Waals surface area (Å²) in [6, 6.07) is 10.4. The van der Waals surface area contributed by atoms with E-state index >= 15 is 0 Å². The average Bonchev–Trinajstić information content (AvgIpc) is 3.24. The Morgan fingerprint density at radius 1 is 1.25 bits per heavy atom. The summed E-state index contributed by atoms with van der Waals surface area (Å²) in [4.78, 5) is 4.23. The molecule has 1 aliphatic rings. The van der Waals surface area contributed by atoms with Crippen LogP contribution in [0.15, 0.2) is 42.7 Å². The molecule has 3 nitrogen and oxygen atoms in total. The number of ether oxygens (including phenoxy) is 1. The predicted octanol–water partition coefficient (Wildman–Crippen LogP) is 3.18. The highest BCUT2D eigenvalue weighted by Gasteiger charge is 2.25. The van der Waals surface area contributed by atoms with Gasteiger partial charge in [0.05, 0.1) is 6.10 Å². The van der Waals surface area contributed by atoms with Crippen LogP contribution in [0, 0.1) is 0 Å². The molecular weight excluding hydrogens is 248 g/mol. The van der Waals surface area contributed by atoms with Crippen LogP contribution in [-0.4, -0.2) is 17.1 Å². The van der Waals surface area contributed by atoms with Crippen molar-refractivity contribution in [2.24, 2.45) is 5.73 Å². The Labute approximate surface area is 119 Å². The molecule has 1 heterocycles. The van der Waals surface area contributed by atoms with E-state index in [-0.39, 0.29) is 6.04 Å². The summed E-state index contributed by atoms with van der Waals surface area (Å²) in [5.74, 6) is 0.965. The molecule has 1 saturated carbocycles. The van der Waals surface area contributed by atoms with Crippen LogP contribution in [-0.2, 0) is 6.42 Å². The summed E-state index contributed by atoms with van der Waals surface area (Å²) in [6.07, 6.45) is 7.28. The summed E-state index contributed by atoms with van der Waals surface area (Å²) < 4.78 is 6.02. The predicted molar refractivity (Wildman–Crippen MR) is 80.7 cm³/mol. The van der Waals surface area contributed by atoms with Crippen molar-refractivity contribution in [1.29, 1.82) is 0 Å². The first-order valence-electron chi connectivity index (χ1n) is 7.18. The van der Waals surface area contributed by atoms with Gasteiger partial charge in [-0.05, 0) is 49.4 Å². The summed E-state index contributed by atoms with van der Waals surface area (Å²) >= 11 is 0. The van der Waals surface area contributed by atoms with E-state index in [1.165, 1.54) is 11.1 Å². The van der Waals surface area contributed by atoms with Crippen molar-refractivity contribution in [3.8, 4) is 16.9 Å². The third kappa shape index (κ3) is 2.99. The highest BCUT2D eigenvalue weighted by atomic mass is 16.5. The molecule has 1 aliphatic carbocycles. The molecular formula is C17H20N2O. The minimum Gasteiger partial charge on any atom is -0.490 e. The van der Waals surface area contributed by atoms with Crippen molar-refractivity contribution in [3.05, 3.63) is 48.3 Å². The fourth-order valence-corrected chi connectivity index (χ4v) is 2.36. The van der Waals surface area contributed by atoms with E-state index in [4.69, 9.17) is 10.5 Å². The van der Waals surface area contributed by atoms with Crippen molar-refractivity contribution < 1.29 is 4.74 Å². The summed E-state index contributed by atoms with van der Waals surface area (Å²) in [7, 11) is 0. The third-order valence-corrected chi connectivity index (χ3v) is 3.44. The second-order valence-corrected chi connectivity index (χ2v) is 5.53. The maximum atomic E-state index is 6.02. The van der Waals surface area contributed by atoms with Gasteiger partial charge in [0, 0.05) is 24.0 Å². The molecule has 3 rings (SSSR count). The molecule has 0 amide bonds. The first-order valence-corrected chi connectivity index (χ1v) is 7.18. The number of hydrogen-bond acceptors (Lipinski definition) is 3. The van der Waals surface area contributed by atoms with Crippen molar-refractivity contribution in [1.82, 2.24) is 4.98 Å². The van der Waals surface area contributed by atoms with E-state index in [0.717, 1.165) is 30.6 Å². The second-order valence-electron chi connectivity index (χ2n) is 5.53. The fourth-order valence-electron chi connectivity index (χ4n) is 2.36. The van der Waals surface area contributed by atoms with E-state index in [1.54, 1.807) is 0 Å². The highest BCUT2D eigenvalue weighted by Crippen LogP contribution is 2.36. The zero-order valence-corrected chi connectivity index (χ0v) is 11.8. The number of hydrogen-bond donors (Lipinski definition) is 1. The summed E-state index contributed by atoms with van der Waals surface area (Å²) in [5.41, 5.74) is 9.43. The maximum absolute atomic E-state index is 6.02. The molecule has 104 valence electrons. The number of benzene rings is 1. The molecule has 2 aromatic rings. The van der Waals surface area contributed by atoms with Crippen LogP contribution < -0.4 is 10.5 Å². The van der Waals surface area contributed by atoms with Gasteiger partial charge in [0.1, 0.15) is 5.75 Å². The number of rotatable bonds is 5. The Bertz CT molecular complexity index is 546. The molecule has 0 aliphatic heterocycles. The lowest BCUT2D eigenvalue weighted by Crippen LogP contribution is -2.18. The fraction of sp³-hybridized carbons (Fsp3) is 0.353. The molecule has 0 radical (unpaired) electrons. The number of nitrogens with two attached hydrogens (primary N) is 1. The minimum absolute atomic E-state index is 0.120. The largest absolute Gasteiger partial charge is 0.490 e. The van der Waals surface area contributed by atoms with Gasteiger partial charge in [-0.1, -0.05) is 18.2 Å². The van der Waals surface area contributed by atoms with Gasteiger partial charge >= 0.3 is 0 Å². The van der Waals surface area contributed by atoms with Gasteiger partial charge in [0.15, 0.2) is 0 Å². The summed E-state index contributed by atoms with van der Waals surface area (Å²) in [6.45, 7) is 2.02. The molecule has 1 atom stereocenters. The van der Waals surface area contributed by atoms with Crippen molar-refractivity contribution in [2.45, 2.75) is 38.3 Å². The van der Waals surface area contributed by atoms with Crippen molar-refractivity contribution in [2.75, 3.05) is 0 Å². The number of para-hydroxylation sites is 1. The lowest BCUT2D eigenvalue weighted by molar-refractivity contribution is 0.304. The van der Waals surface area contributed by atoms with Crippen LogP contribution >= 0.6 is 0 Å². The SMILES string of the molecule is CC(N)Cc1cnccc1-c1ccccc1OC1CC1. The first kappa shape index (κ1) is 13.1. The molecule has 1 aromatic carbocycles. The zero-order chi connectivity index (χ0) is 13.9. The second kappa shape index (κ2) is 5.63. The topological polar surface area (TPSA) is 48.1 Å². The summed E-state index contributed by atoms with van der Waals surface area (Å²) in [5, 5.41) is 0. The molecule has 0 bridgehead atoms. The molecule has 1 fully saturated rings. The van der Waals surface area contributed by atoms with Crippen LogP contribution in [0.25, 0.3) is 11.1 Å². The smallest absolute Gasteiger partial charge is 0.127 e. The average molecular weight is 268 g/mol. The molecule has 3 heteroatoms. The van der Waals surface area contributed by atoms with Gasteiger partial charge < -0.3 is 10.5 Å². The Balaban J connectivity index is 1.99. The lowest BCUT2D eigenvalue weighted by atomic mass is 9.97. The van der Waals surface area contributed by atoms with Crippen LogP contribution in [0.5, 0.6) is 5.75 Å². The zero-order valence-electron chi connectivity index (χ0n) is 11.8. The number of aromatic nitrogens is 1. The van der Waals surface area contributed by atoms with Gasteiger partial charge in [0.25, 0.3) is 0 Å². The van der Waals surface area contributed by atoms with Gasteiger partial charge in [-0.2, -0.15) is 0 Å². The minimum atomic E-state index is 0.120. The number of pyridine rings is 1. The van der Waals surface area contributed by atoms with Gasteiger partial charge in [-0.15, -0.1) is 0 Å². The van der Waals surface area contributed by atoms with E-state index in [2.05, 4.69) is 11.1 Å². The molecule has 0 spiro atoms. The van der Waals surface area contributed by atoms with Crippen LogP contribution in [0.3, 0.4) is 0 Å². The van der Waals surface area contributed by atoms with E-state index in [9.17, 15) is 0 Å². The Morgan fingerprint density at radius 3 is 2.80 bits per heavy atom. The Morgan fingerprint density at radius 2 is 2.05 bits per heavy atom. The first-order chi connectivity index (χ1) is 9.74. The van der Waals surface area contributed by atoms with Crippen LogP contribution in [0.4, 0.5) is 0 Å². The third-order valence-electron chi connectivity index (χ3n) is 3.44. The standard InChI is InChI=1S/C17H20N2O/c1-12(18)10-13-11-19-9-8-15(13)16-4-2-3-5-17(16)20-14-6-7-14/h2-5,8-9,11-12,14H,6-7,10,18H2,1H3. The highest BCUT2D eigenvalue weighted by molar-refractivity contribution is 5.73. The van der Waals surface area contributed by atoms with E-state index < -0.39 is 0 Å². The normalized spacial score (nSPS) is 15.9. The van der Waals surface area contributed by atoms with Crippen molar-refractivity contribution >= 4 is 0 Å². The lowest BCUT2D eigenvalue weighted by Gasteiger charge is -2.15. The molecule has 1 unspecified atom stereocenters. The molecule has 1 aromatic heterocycles. The number of nitrogens with zero attached hydrogens (tertiary/aromatic N) is 1. The Kier molecular flexibility index (Phi) is 3.70. The van der Waals surface area contributed by atoms with E-state index in [0.29, 0.717) is 6.10 Å². The van der Waals surface area contributed by atoms with E-state index in [1.807, 2.05) is 43.6 Å². The van der Waals surface area contributed by atoms with Crippen molar-refractivity contribution in [3.63, 3.8) is 0 Å². The van der Waals surface area contributed by atoms with Gasteiger partial charge in [-0.3, -0.25) is 4.98 Å². The van der Waals surface area contributed by atoms with Gasteiger partial charge in [0.2, 0.25) is 0 Å². The maximum Gasteiger partial charge on any atom is 0.127 e.